The third-order valence-electron chi connectivity index (χ3n) is 4.15. The standard InChI is InChI=1S/C16H21ClN2O4.ClH/c17-12-8-11(9-13-14(12)23-5-1-4-22-13)10-19-15(20)16(18)2-6-21-7-3-16;/h8-9H,1-7,10,18H2,(H,19,20);1H. The molecule has 2 aliphatic rings. The molecule has 1 fully saturated rings. The number of nitrogens with one attached hydrogen (secondary N) is 1. The molecule has 8 heteroatoms. The first-order valence-electron chi connectivity index (χ1n) is 7.81. The van der Waals surface area contributed by atoms with Crippen LogP contribution in [0.5, 0.6) is 11.5 Å². The van der Waals surface area contributed by atoms with E-state index in [0.717, 1.165) is 12.0 Å². The Morgan fingerprint density at radius 2 is 1.92 bits per heavy atom. The van der Waals surface area contributed by atoms with Crippen LogP contribution in [0.25, 0.3) is 0 Å². The predicted molar refractivity (Wildman–Crippen MR) is 93.1 cm³/mol. The molecule has 0 atom stereocenters. The van der Waals surface area contributed by atoms with Crippen LogP contribution in [0, 0.1) is 0 Å². The molecule has 0 bridgehead atoms. The van der Waals surface area contributed by atoms with Crippen LogP contribution in [0.1, 0.15) is 24.8 Å². The highest BCUT2D eigenvalue weighted by Gasteiger charge is 2.35. The fourth-order valence-electron chi connectivity index (χ4n) is 2.71. The van der Waals surface area contributed by atoms with Gasteiger partial charge in [0.1, 0.15) is 0 Å². The number of hydrogen-bond acceptors (Lipinski definition) is 5. The molecule has 1 aromatic carbocycles. The molecular formula is C16H22Cl2N2O4. The second kappa shape index (κ2) is 8.25. The third-order valence-corrected chi connectivity index (χ3v) is 4.43. The van der Waals surface area contributed by atoms with Crippen molar-refractivity contribution in [1.82, 2.24) is 5.32 Å². The van der Waals surface area contributed by atoms with Crippen molar-refractivity contribution in [3.63, 3.8) is 0 Å². The lowest BCUT2D eigenvalue weighted by Gasteiger charge is -2.31. The average molecular weight is 377 g/mol. The van der Waals surface area contributed by atoms with Gasteiger partial charge in [-0.25, -0.2) is 0 Å². The summed E-state index contributed by atoms with van der Waals surface area (Å²) in [6.45, 7) is 2.54. The summed E-state index contributed by atoms with van der Waals surface area (Å²) in [5, 5.41) is 3.37. The first-order chi connectivity index (χ1) is 11.1. The fraction of sp³-hybridized carbons (Fsp3) is 0.562. The highest BCUT2D eigenvalue weighted by Crippen LogP contribution is 2.38. The molecule has 134 valence electrons. The number of hydrogen-bond donors (Lipinski definition) is 2. The molecule has 0 aromatic heterocycles. The molecule has 24 heavy (non-hydrogen) atoms. The molecule has 0 saturated carbocycles. The quantitative estimate of drug-likeness (QED) is 0.843. The Bertz CT molecular complexity index is 592. The minimum atomic E-state index is -0.854. The molecule has 0 spiro atoms. The highest BCUT2D eigenvalue weighted by atomic mass is 35.5. The van der Waals surface area contributed by atoms with E-state index < -0.39 is 5.54 Å². The monoisotopic (exact) mass is 376 g/mol. The van der Waals surface area contributed by atoms with E-state index in [-0.39, 0.29) is 18.3 Å². The zero-order valence-corrected chi connectivity index (χ0v) is 14.9. The van der Waals surface area contributed by atoms with Gasteiger partial charge in [0.15, 0.2) is 11.5 Å². The van der Waals surface area contributed by atoms with E-state index in [1.807, 2.05) is 6.07 Å². The largest absolute Gasteiger partial charge is 0.489 e. The lowest BCUT2D eigenvalue weighted by molar-refractivity contribution is -0.129. The van der Waals surface area contributed by atoms with E-state index in [9.17, 15) is 4.79 Å². The van der Waals surface area contributed by atoms with Crippen molar-refractivity contribution in [1.29, 1.82) is 0 Å². The molecule has 0 unspecified atom stereocenters. The minimum Gasteiger partial charge on any atom is -0.489 e. The second-order valence-electron chi connectivity index (χ2n) is 5.91. The molecule has 3 N–H and O–H groups in total. The van der Waals surface area contributed by atoms with Crippen molar-refractivity contribution in [3.05, 3.63) is 22.7 Å². The second-order valence-corrected chi connectivity index (χ2v) is 6.31. The summed E-state index contributed by atoms with van der Waals surface area (Å²) >= 11 is 6.25. The maximum atomic E-state index is 12.3. The summed E-state index contributed by atoms with van der Waals surface area (Å²) in [6, 6.07) is 3.63. The number of benzene rings is 1. The van der Waals surface area contributed by atoms with E-state index in [2.05, 4.69) is 5.32 Å². The van der Waals surface area contributed by atoms with Crippen LogP contribution in [-0.2, 0) is 16.1 Å². The summed E-state index contributed by atoms with van der Waals surface area (Å²) in [5.41, 5.74) is 6.16. The van der Waals surface area contributed by atoms with Crippen LogP contribution in [0.2, 0.25) is 5.02 Å². The SMILES string of the molecule is Cl.NC1(C(=O)NCc2cc(Cl)c3c(c2)OCCCO3)CCOCC1. The molecule has 1 amide bonds. The van der Waals surface area contributed by atoms with Gasteiger partial charge >= 0.3 is 0 Å². The highest BCUT2D eigenvalue weighted by molar-refractivity contribution is 6.32. The summed E-state index contributed by atoms with van der Waals surface area (Å²) in [6.07, 6.45) is 1.87. The molecule has 0 aliphatic carbocycles. The molecule has 2 heterocycles. The van der Waals surface area contributed by atoms with Gasteiger partial charge in [0.25, 0.3) is 0 Å². The number of carbonyl (C=O) groups is 1. The number of ether oxygens (including phenoxy) is 3. The minimum absolute atomic E-state index is 0. The Hall–Kier alpha value is -1.21. The van der Waals surface area contributed by atoms with Crippen molar-refractivity contribution in [2.24, 2.45) is 5.73 Å². The average Bonchev–Trinajstić information content (AvgIpc) is 2.79. The van der Waals surface area contributed by atoms with Crippen molar-refractivity contribution in [2.75, 3.05) is 26.4 Å². The molecule has 6 nitrogen and oxygen atoms in total. The molecule has 2 aliphatic heterocycles. The van der Waals surface area contributed by atoms with Crippen LogP contribution < -0.4 is 20.5 Å². The van der Waals surface area contributed by atoms with Crippen molar-refractivity contribution >= 4 is 29.9 Å². The zero-order chi connectivity index (χ0) is 16.3. The summed E-state index contributed by atoms with van der Waals surface area (Å²) in [5.74, 6) is 1.02. The van der Waals surface area contributed by atoms with Gasteiger partial charge < -0.3 is 25.3 Å². The smallest absolute Gasteiger partial charge is 0.240 e. The van der Waals surface area contributed by atoms with Crippen LogP contribution in [0.15, 0.2) is 12.1 Å². The van der Waals surface area contributed by atoms with Gasteiger partial charge in [0, 0.05) is 26.2 Å². The van der Waals surface area contributed by atoms with Gasteiger partial charge in [-0.3, -0.25) is 4.79 Å². The summed E-state index contributed by atoms with van der Waals surface area (Å²) in [7, 11) is 0. The summed E-state index contributed by atoms with van der Waals surface area (Å²) < 4.78 is 16.5. The number of rotatable bonds is 3. The Morgan fingerprint density at radius 3 is 2.67 bits per heavy atom. The predicted octanol–water partition coefficient (Wildman–Crippen LogP) is 2.05. The van der Waals surface area contributed by atoms with Gasteiger partial charge in [0.05, 0.1) is 23.8 Å². The first-order valence-corrected chi connectivity index (χ1v) is 8.19. The van der Waals surface area contributed by atoms with Crippen molar-refractivity contribution in [2.45, 2.75) is 31.3 Å². The molecule has 3 rings (SSSR count). The number of nitrogens with two attached hydrogens (primary N) is 1. The maximum absolute atomic E-state index is 12.3. The normalized spacial score (nSPS) is 18.9. The molecule has 1 saturated heterocycles. The Kier molecular flexibility index (Phi) is 6.57. The zero-order valence-electron chi connectivity index (χ0n) is 13.3. The van der Waals surface area contributed by atoms with Crippen molar-refractivity contribution in [3.8, 4) is 11.5 Å². The van der Waals surface area contributed by atoms with Crippen LogP contribution in [0.4, 0.5) is 0 Å². The molecule has 1 aromatic rings. The van der Waals surface area contributed by atoms with Gasteiger partial charge in [-0.1, -0.05) is 11.6 Å². The van der Waals surface area contributed by atoms with Gasteiger partial charge in [-0.15, -0.1) is 12.4 Å². The van der Waals surface area contributed by atoms with Gasteiger partial charge in [-0.2, -0.15) is 0 Å². The van der Waals surface area contributed by atoms with E-state index in [1.165, 1.54) is 0 Å². The lowest BCUT2D eigenvalue weighted by atomic mass is 9.90. The Balaban J connectivity index is 0.00000208. The molecular weight excluding hydrogens is 355 g/mol. The first kappa shape index (κ1) is 19.1. The van der Waals surface area contributed by atoms with Crippen LogP contribution in [-0.4, -0.2) is 37.9 Å². The Labute approximate surface area is 152 Å². The summed E-state index contributed by atoms with van der Waals surface area (Å²) in [4.78, 5) is 12.3. The van der Waals surface area contributed by atoms with Gasteiger partial charge in [0.2, 0.25) is 5.91 Å². The number of carbonyl (C=O) groups excluding carboxylic acids is 1. The van der Waals surface area contributed by atoms with E-state index in [0.29, 0.717) is 62.3 Å². The van der Waals surface area contributed by atoms with Crippen LogP contribution >= 0.6 is 24.0 Å². The lowest BCUT2D eigenvalue weighted by Crippen LogP contribution is -2.56. The van der Waals surface area contributed by atoms with Crippen molar-refractivity contribution < 1.29 is 19.0 Å². The maximum Gasteiger partial charge on any atom is 0.240 e. The van der Waals surface area contributed by atoms with E-state index in [1.54, 1.807) is 6.07 Å². The topological polar surface area (TPSA) is 82.8 Å². The number of fused-ring (bicyclic) bond motifs is 1. The van der Waals surface area contributed by atoms with E-state index >= 15 is 0 Å². The number of amides is 1. The molecule has 0 radical (unpaired) electrons. The van der Waals surface area contributed by atoms with Crippen LogP contribution in [0.3, 0.4) is 0 Å². The van der Waals surface area contributed by atoms with Gasteiger partial charge in [-0.05, 0) is 30.5 Å². The Morgan fingerprint density at radius 1 is 1.21 bits per heavy atom. The third kappa shape index (κ3) is 4.25. The fourth-order valence-corrected chi connectivity index (χ4v) is 3.00. The number of halogens is 2. The van der Waals surface area contributed by atoms with E-state index in [4.69, 9.17) is 31.5 Å².